The van der Waals surface area contributed by atoms with E-state index in [0.717, 1.165) is 37.9 Å². The summed E-state index contributed by atoms with van der Waals surface area (Å²) < 4.78 is 25.5. The number of amides is 1. The Bertz CT molecular complexity index is 767. The fraction of sp³-hybridized carbons (Fsp3) is 0.632. The summed E-state index contributed by atoms with van der Waals surface area (Å²) in [5.41, 5.74) is 0.631. The van der Waals surface area contributed by atoms with E-state index in [-0.39, 0.29) is 34.7 Å². The third-order valence-electron chi connectivity index (χ3n) is 6.00. The van der Waals surface area contributed by atoms with Crippen LogP contribution in [0.1, 0.15) is 44.2 Å². The molecule has 1 aliphatic carbocycles. The van der Waals surface area contributed by atoms with Crippen LogP contribution >= 0.6 is 12.4 Å². The molecule has 0 radical (unpaired) electrons. The van der Waals surface area contributed by atoms with E-state index >= 15 is 0 Å². The molecule has 3 atom stereocenters. The molecule has 2 fully saturated rings. The van der Waals surface area contributed by atoms with Crippen LogP contribution in [0.25, 0.3) is 0 Å². The van der Waals surface area contributed by atoms with Gasteiger partial charge < -0.3 is 10.6 Å². The third-order valence-corrected chi connectivity index (χ3v) is 7.83. The summed E-state index contributed by atoms with van der Waals surface area (Å²) in [6.45, 7) is 3.64. The number of rotatable bonds is 5. The molecule has 1 amide bonds. The highest BCUT2D eigenvalue weighted by atomic mass is 35.5. The zero-order valence-corrected chi connectivity index (χ0v) is 17.8. The van der Waals surface area contributed by atoms with Crippen molar-refractivity contribution in [2.45, 2.75) is 43.5 Å². The van der Waals surface area contributed by atoms with Gasteiger partial charge in [-0.1, -0.05) is 25.0 Å². The van der Waals surface area contributed by atoms with Crippen LogP contribution in [0, 0.1) is 11.3 Å². The smallest absolute Gasteiger partial charge is 0.242 e. The van der Waals surface area contributed by atoms with E-state index < -0.39 is 10.0 Å². The van der Waals surface area contributed by atoms with Crippen molar-refractivity contribution in [2.24, 2.45) is 11.3 Å². The van der Waals surface area contributed by atoms with Gasteiger partial charge in [0.25, 0.3) is 0 Å². The van der Waals surface area contributed by atoms with Gasteiger partial charge in [-0.2, -0.15) is 0 Å². The standard InChI is InChI=1S/C19H29N3O3S.ClH/c1-14(15-7-9-17(10-8-15)26(24,25)22(2)3)21-18(23)19-11-5-4-6-16(19)12-20-13-19;/h7-10,14,16,20H,4-6,11-13H2,1-3H3,(H,21,23);1H/t14?,16-,19+;/m0./s1. The molecule has 1 aromatic rings. The highest BCUT2D eigenvalue weighted by molar-refractivity contribution is 7.89. The molecule has 3 rings (SSSR count). The van der Waals surface area contributed by atoms with Crippen LogP contribution in [0.3, 0.4) is 0 Å². The van der Waals surface area contributed by atoms with Gasteiger partial charge in [-0.25, -0.2) is 12.7 Å². The second kappa shape index (κ2) is 8.47. The molecule has 152 valence electrons. The Morgan fingerprint density at radius 2 is 1.93 bits per heavy atom. The van der Waals surface area contributed by atoms with Gasteiger partial charge in [0.2, 0.25) is 15.9 Å². The minimum Gasteiger partial charge on any atom is -0.349 e. The van der Waals surface area contributed by atoms with Crippen LogP contribution in [0.4, 0.5) is 0 Å². The Kier molecular flexibility index (Phi) is 6.95. The lowest BCUT2D eigenvalue weighted by Gasteiger charge is -2.38. The first kappa shape index (κ1) is 22.1. The van der Waals surface area contributed by atoms with Crippen molar-refractivity contribution in [3.63, 3.8) is 0 Å². The van der Waals surface area contributed by atoms with E-state index in [1.165, 1.54) is 24.8 Å². The summed E-state index contributed by atoms with van der Waals surface area (Å²) in [5.74, 6) is 0.556. The van der Waals surface area contributed by atoms with Gasteiger partial charge in [0, 0.05) is 20.6 Å². The number of benzene rings is 1. The minimum absolute atomic E-state index is 0. The molecule has 0 bridgehead atoms. The van der Waals surface area contributed by atoms with Crippen molar-refractivity contribution in [3.05, 3.63) is 29.8 Å². The molecule has 2 N–H and O–H groups in total. The molecule has 2 aliphatic rings. The molecule has 0 aromatic heterocycles. The molecule has 8 heteroatoms. The predicted octanol–water partition coefficient (Wildman–Crippen LogP) is 2.32. The van der Waals surface area contributed by atoms with Gasteiger partial charge in [-0.3, -0.25) is 4.79 Å². The van der Waals surface area contributed by atoms with E-state index in [0.29, 0.717) is 5.92 Å². The highest BCUT2D eigenvalue weighted by Gasteiger charge is 2.49. The Balaban J connectivity index is 0.00000261. The van der Waals surface area contributed by atoms with Gasteiger partial charge in [0.05, 0.1) is 16.4 Å². The number of halogens is 1. The Morgan fingerprint density at radius 1 is 1.26 bits per heavy atom. The van der Waals surface area contributed by atoms with E-state index in [1.807, 2.05) is 6.92 Å². The number of nitrogens with zero attached hydrogens (tertiary/aromatic N) is 1. The summed E-state index contributed by atoms with van der Waals surface area (Å²) in [5, 5.41) is 6.57. The molecule has 1 heterocycles. The maximum Gasteiger partial charge on any atom is 0.242 e. The molecular formula is C19H30ClN3O3S. The maximum atomic E-state index is 13.0. The number of carbonyl (C=O) groups excluding carboxylic acids is 1. The number of nitrogens with one attached hydrogen (secondary N) is 2. The van der Waals surface area contributed by atoms with Crippen LogP contribution in [-0.2, 0) is 14.8 Å². The van der Waals surface area contributed by atoms with Gasteiger partial charge >= 0.3 is 0 Å². The second-order valence-corrected chi connectivity index (χ2v) is 9.93. The Labute approximate surface area is 168 Å². The SMILES string of the molecule is CC(NC(=O)[C@@]12CCCC[C@H]1CNC2)c1ccc(S(=O)(=O)N(C)C)cc1.Cl. The predicted molar refractivity (Wildman–Crippen MR) is 108 cm³/mol. The van der Waals surface area contributed by atoms with Crippen molar-refractivity contribution in [2.75, 3.05) is 27.2 Å². The van der Waals surface area contributed by atoms with Gasteiger partial charge in [0.1, 0.15) is 0 Å². The van der Waals surface area contributed by atoms with Gasteiger partial charge in [-0.15, -0.1) is 12.4 Å². The van der Waals surface area contributed by atoms with E-state index in [9.17, 15) is 13.2 Å². The largest absolute Gasteiger partial charge is 0.349 e. The topological polar surface area (TPSA) is 78.5 Å². The molecule has 1 aromatic carbocycles. The summed E-state index contributed by atoms with van der Waals surface area (Å²) in [4.78, 5) is 13.3. The quantitative estimate of drug-likeness (QED) is 0.773. The van der Waals surface area contributed by atoms with E-state index in [4.69, 9.17) is 0 Å². The third kappa shape index (κ3) is 4.16. The summed E-state index contributed by atoms with van der Waals surface area (Å²) in [6.07, 6.45) is 4.38. The summed E-state index contributed by atoms with van der Waals surface area (Å²) in [7, 11) is -0.404. The van der Waals surface area contributed by atoms with Crippen LogP contribution in [0.2, 0.25) is 0 Å². The normalized spacial score (nSPS) is 26.1. The van der Waals surface area contributed by atoms with Crippen LogP contribution in [-0.4, -0.2) is 45.8 Å². The molecule has 1 saturated carbocycles. The van der Waals surface area contributed by atoms with Crippen LogP contribution < -0.4 is 10.6 Å². The first-order chi connectivity index (χ1) is 12.3. The summed E-state index contributed by atoms with van der Waals surface area (Å²) in [6, 6.07) is 6.61. The second-order valence-electron chi connectivity index (χ2n) is 7.78. The number of sulfonamides is 1. The van der Waals surface area contributed by atoms with Gasteiger partial charge in [-0.05, 0) is 49.9 Å². The number of hydrogen-bond donors (Lipinski definition) is 2. The molecule has 1 aliphatic heterocycles. The molecule has 1 unspecified atom stereocenters. The lowest BCUT2D eigenvalue weighted by atomic mass is 9.67. The van der Waals surface area contributed by atoms with E-state index in [2.05, 4.69) is 10.6 Å². The lowest BCUT2D eigenvalue weighted by molar-refractivity contribution is -0.134. The van der Waals surface area contributed by atoms with Crippen molar-refractivity contribution in [1.29, 1.82) is 0 Å². The average Bonchev–Trinajstić information content (AvgIpc) is 3.07. The molecule has 6 nitrogen and oxygen atoms in total. The Morgan fingerprint density at radius 3 is 2.56 bits per heavy atom. The van der Waals surface area contributed by atoms with Crippen molar-refractivity contribution < 1.29 is 13.2 Å². The number of fused-ring (bicyclic) bond motifs is 1. The zero-order valence-electron chi connectivity index (χ0n) is 16.2. The fourth-order valence-electron chi connectivity index (χ4n) is 4.25. The first-order valence-corrected chi connectivity index (χ1v) is 10.8. The molecule has 0 spiro atoms. The minimum atomic E-state index is -3.43. The van der Waals surface area contributed by atoms with Crippen molar-refractivity contribution >= 4 is 28.3 Å². The van der Waals surface area contributed by atoms with Crippen molar-refractivity contribution in [1.82, 2.24) is 14.9 Å². The zero-order chi connectivity index (χ0) is 18.9. The lowest BCUT2D eigenvalue weighted by Crippen LogP contribution is -2.48. The molecule has 27 heavy (non-hydrogen) atoms. The first-order valence-electron chi connectivity index (χ1n) is 9.31. The fourth-order valence-corrected chi connectivity index (χ4v) is 5.16. The van der Waals surface area contributed by atoms with Gasteiger partial charge in [0.15, 0.2) is 0 Å². The average molecular weight is 416 g/mol. The molecular weight excluding hydrogens is 386 g/mol. The van der Waals surface area contributed by atoms with E-state index in [1.54, 1.807) is 24.3 Å². The summed E-state index contributed by atoms with van der Waals surface area (Å²) >= 11 is 0. The van der Waals surface area contributed by atoms with Crippen LogP contribution in [0.15, 0.2) is 29.2 Å². The van der Waals surface area contributed by atoms with Crippen molar-refractivity contribution in [3.8, 4) is 0 Å². The maximum absolute atomic E-state index is 13.0. The number of hydrogen-bond acceptors (Lipinski definition) is 4. The Hall–Kier alpha value is -1.15. The molecule has 1 saturated heterocycles. The van der Waals surface area contributed by atoms with Crippen LogP contribution in [0.5, 0.6) is 0 Å². The highest BCUT2D eigenvalue weighted by Crippen LogP contribution is 2.44. The monoisotopic (exact) mass is 415 g/mol. The number of carbonyl (C=O) groups is 1.